The van der Waals surface area contributed by atoms with E-state index in [9.17, 15) is 0 Å². The predicted molar refractivity (Wildman–Crippen MR) is 176 cm³/mol. The minimum atomic E-state index is -0.158. The molecule has 2 saturated carbocycles. The molecule has 6 heteroatoms. The third-order valence-electron chi connectivity index (χ3n) is 11.8. The van der Waals surface area contributed by atoms with E-state index < -0.39 is 0 Å². The Labute approximate surface area is 260 Å². The van der Waals surface area contributed by atoms with Crippen LogP contribution < -0.4 is 11.5 Å². The third kappa shape index (κ3) is 7.94. The molecule has 2 aliphatic carbocycles. The zero-order chi connectivity index (χ0) is 30.8. The van der Waals surface area contributed by atoms with Crippen molar-refractivity contribution in [2.24, 2.45) is 23.3 Å². The van der Waals surface area contributed by atoms with Crippen molar-refractivity contribution in [1.29, 1.82) is 0 Å². The summed E-state index contributed by atoms with van der Waals surface area (Å²) in [5.41, 5.74) is 13.7. The fraction of sp³-hybridized carbons (Fsp3) is 1.00. The van der Waals surface area contributed by atoms with Gasteiger partial charge in [-0.15, -0.1) is 0 Å². The first-order valence-electron chi connectivity index (χ1n) is 18.1. The number of unbranched alkanes of at least 4 members (excludes halogenated alkanes) is 3. The standard InChI is InChI=1S/C36H70N4O2/c1-33(2)25-27(31(37)35(5,6)39(33)41-29-21-15-11-16-22-29)19-13-9-10-14-20-28-26-34(3,4)40(36(7,8)32(28)38)42-30-23-17-12-18-24-30/h27-32H,9-26,37-38H2,1-8H3. The van der Waals surface area contributed by atoms with Crippen LogP contribution in [0, 0.1) is 11.8 Å². The van der Waals surface area contributed by atoms with Gasteiger partial charge in [0.25, 0.3) is 0 Å². The van der Waals surface area contributed by atoms with Gasteiger partial charge in [-0.1, -0.05) is 64.2 Å². The second-order valence-electron chi connectivity index (χ2n) is 17.2. The summed E-state index contributed by atoms with van der Waals surface area (Å²) in [5, 5.41) is 4.63. The van der Waals surface area contributed by atoms with Crippen molar-refractivity contribution >= 4 is 0 Å². The molecule has 2 aliphatic heterocycles. The van der Waals surface area contributed by atoms with Gasteiger partial charge in [0.2, 0.25) is 0 Å². The van der Waals surface area contributed by atoms with E-state index >= 15 is 0 Å². The van der Waals surface area contributed by atoms with E-state index in [1.165, 1.54) is 103 Å². The highest BCUT2D eigenvalue weighted by atomic mass is 16.7. The topological polar surface area (TPSA) is 77.0 Å². The Kier molecular flexibility index (Phi) is 11.6. The van der Waals surface area contributed by atoms with E-state index in [4.69, 9.17) is 21.1 Å². The summed E-state index contributed by atoms with van der Waals surface area (Å²) in [6.07, 6.45) is 23.2. The Balaban J connectivity index is 1.21. The van der Waals surface area contributed by atoms with E-state index in [-0.39, 0.29) is 34.2 Å². The van der Waals surface area contributed by atoms with E-state index in [2.05, 4.69) is 65.5 Å². The molecule has 4 unspecified atom stereocenters. The zero-order valence-corrected chi connectivity index (χ0v) is 29.1. The zero-order valence-electron chi connectivity index (χ0n) is 29.1. The molecule has 4 fully saturated rings. The fourth-order valence-electron chi connectivity index (χ4n) is 9.61. The van der Waals surface area contributed by atoms with E-state index in [1.54, 1.807) is 0 Å². The van der Waals surface area contributed by atoms with Gasteiger partial charge in [-0.05, 0) is 119 Å². The number of hydrogen-bond acceptors (Lipinski definition) is 6. The van der Waals surface area contributed by atoms with Crippen LogP contribution >= 0.6 is 0 Å². The van der Waals surface area contributed by atoms with Crippen LogP contribution in [0.5, 0.6) is 0 Å². The van der Waals surface area contributed by atoms with Crippen molar-refractivity contribution < 1.29 is 9.68 Å². The monoisotopic (exact) mass is 591 g/mol. The summed E-state index contributed by atoms with van der Waals surface area (Å²) in [5.74, 6) is 1.09. The molecule has 4 N–H and O–H groups in total. The van der Waals surface area contributed by atoms with E-state index in [0.717, 1.165) is 12.8 Å². The van der Waals surface area contributed by atoms with Crippen molar-refractivity contribution in [3.05, 3.63) is 0 Å². The number of hydroxylamine groups is 4. The van der Waals surface area contributed by atoms with E-state index in [1.807, 2.05) is 0 Å². The summed E-state index contributed by atoms with van der Waals surface area (Å²) in [7, 11) is 0. The molecule has 0 aromatic carbocycles. The summed E-state index contributed by atoms with van der Waals surface area (Å²) in [6.45, 7) is 18.7. The molecule has 2 heterocycles. The lowest BCUT2D eigenvalue weighted by Gasteiger charge is -2.58. The molecule has 246 valence electrons. The maximum Gasteiger partial charge on any atom is 0.0793 e. The number of hydrogen-bond donors (Lipinski definition) is 2. The highest BCUT2D eigenvalue weighted by molar-refractivity contribution is 5.06. The van der Waals surface area contributed by atoms with Gasteiger partial charge < -0.3 is 11.5 Å². The summed E-state index contributed by atoms with van der Waals surface area (Å²) < 4.78 is 0. The first kappa shape index (κ1) is 34.6. The molecule has 4 atom stereocenters. The van der Waals surface area contributed by atoms with Crippen LogP contribution in [0.25, 0.3) is 0 Å². The Morgan fingerprint density at radius 2 is 0.857 bits per heavy atom. The van der Waals surface area contributed by atoms with Gasteiger partial charge in [0.1, 0.15) is 0 Å². The summed E-state index contributed by atoms with van der Waals surface area (Å²) >= 11 is 0. The molecular weight excluding hydrogens is 520 g/mol. The molecule has 0 amide bonds. The van der Waals surface area contributed by atoms with Gasteiger partial charge in [-0.2, -0.15) is 10.1 Å². The van der Waals surface area contributed by atoms with Crippen LogP contribution in [0.2, 0.25) is 0 Å². The normalized spacial score (nSPS) is 34.4. The smallest absolute Gasteiger partial charge is 0.0793 e. The predicted octanol–water partition coefficient (Wildman–Crippen LogP) is 8.27. The third-order valence-corrected chi connectivity index (χ3v) is 11.8. The van der Waals surface area contributed by atoms with Gasteiger partial charge in [-0.3, -0.25) is 9.68 Å². The van der Waals surface area contributed by atoms with Crippen LogP contribution in [0.15, 0.2) is 0 Å². The molecule has 6 nitrogen and oxygen atoms in total. The molecular formula is C36H70N4O2. The van der Waals surface area contributed by atoms with Crippen molar-refractivity contribution in [3.8, 4) is 0 Å². The average Bonchev–Trinajstić information content (AvgIpc) is 2.93. The van der Waals surface area contributed by atoms with Gasteiger partial charge in [-0.25, -0.2) is 0 Å². The molecule has 4 rings (SSSR count). The van der Waals surface area contributed by atoms with Gasteiger partial charge >= 0.3 is 0 Å². The SMILES string of the molecule is CC1(C)CC(CCCCCCC2CC(C)(C)N(OC3CCCCC3)C(C)(C)C2N)C(N)C(C)(C)N1OC1CCCCC1. The van der Waals surface area contributed by atoms with Crippen LogP contribution in [-0.4, -0.2) is 56.6 Å². The first-order chi connectivity index (χ1) is 19.7. The molecule has 0 aromatic rings. The van der Waals surface area contributed by atoms with Crippen LogP contribution in [0.1, 0.15) is 171 Å². The van der Waals surface area contributed by atoms with Crippen molar-refractivity contribution in [2.75, 3.05) is 0 Å². The Morgan fingerprint density at radius 1 is 0.524 bits per heavy atom. The quantitative estimate of drug-likeness (QED) is 0.236. The number of nitrogens with zero attached hydrogens (tertiary/aromatic N) is 2. The molecule has 0 radical (unpaired) electrons. The number of piperidine rings is 2. The Bertz CT molecular complexity index is 762. The van der Waals surface area contributed by atoms with Gasteiger partial charge in [0.15, 0.2) is 0 Å². The summed E-state index contributed by atoms with van der Waals surface area (Å²) in [4.78, 5) is 13.4. The van der Waals surface area contributed by atoms with Gasteiger partial charge in [0.05, 0.1) is 23.3 Å². The Morgan fingerprint density at radius 3 is 1.19 bits per heavy atom. The van der Waals surface area contributed by atoms with Crippen LogP contribution in [-0.2, 0) is 9.68 Å². The molecule has 0 spiro atoms. The number of nitrogens with two attached hydrogens (primary N) is 2. The average molecular weight is 591 g/mol. The maximum absolute atomic E-state index is 7.00. The molecule has 2 saturated heterocycles. The highest BCUT2D eigenvalue weighted by Gasteiger charge is 2.53. The second kappa shape index (κ2) is 14.0. The molecule has 42 heavy (non-hydrogen) atoms. The van der Waals surface area contributed by atoms with Gasteiger partial charge in [0, 0.05) is 23.2 Å². The first-order valence-corrected chi connectivity index (χ1v) is 18.1. The fourth-order valence-corrected chi connectivity index (χ4v) is 9.61. The Hall–Kier alpha value is -0.240. The lowest BCUT2D eigenvalue weighted by atomic mass is 9.69. The minimum absolute atomic E-state index is 0.00674. The van der Waals surface area contributed by atoms with E-state index in [0.29, 0.717) is 24.0 Å². The summed E-state index contributed by atoms with van der Waals surface area (Å²) in [6, 6.07) is 0.273. The van der Waals surface area contributed by atoms with Crippen LogP contribution in [0.3, 0.4) is 0 Å². The number of rotatable bonds is 11. The lowest BCUT2D eigenvalue weighted by molar-refractivity contribution is -0.318. The van der Waals surface area contributed by atoms with Crippen molar-refractivity contribution in [2.45, 2.75) is 217 Å². The minimum Gasteiger partial charge on any atom is -0.326 e. The lowest BCUT2D eigenvalue weighted by Crippen LogP contribution is -2.70. The largest absolute Gasteiger partial charge is 0.326 e. The second-order valence-corrected chi connectivity index (χ2v) is 17.2. The molecule has 0 bridgehead atoms. The van der Waals surface area contributed by atoms with Crippen molar-refractivity contribution in [1.82, 2.24) is 10.1 Å². The van der Waals surface area contributed by atoms with Crippen molar-refractivity contribution in [3.63, 3.8) is 0 Å². The maximum atomic E-state index is 7.00. The molecule has 4 aliphatic rings. The molecule has 0 aromatic heterocycles. The highest BCUT2D eigenvalue weighted by Crippen LogP contribution is 2.45. The van der Waals surface area contributed by atoms with Crippen LogP contribution in [0.4, 0.5) is 0 Å².